The quantitative estimate of drug-likeness (QED) is 0.335. The van der Waals surface area contributed by atoms with Crippen LogP contribution in [0.25, 0.3) is 11.4 Å². The molecule has 0 atom stereocenters. The van der Waals surface area contributed by atoms with Gasteiger partial charge in [0, 0.05) is 19.5 Å². The predicted octanol–water partition coefficient (Wildman–Crippen LogP) is 3.53. The van der Waals surface area contributed by atoms with Gasteiger partial charge in [-0.2, -0.15) is 0 Å². The van der Waals surface area contributed by atoms with Crippen molar-refractivity contribution in [2.45, 2.75) is 18.6 Å². The molecule has 3 aromatic rings. The van der Waals surface area contributed by atoms with Crippen LogP contribution in [0.4, 0.5) is 11.4 Å². The summed E-state index contributed by atoms with van der Waals surface area (Å²) in [7, 11) is 1.52. The Morgan fingerprint density at radius 3 is 2.66 bits per heavy atom. The number of nitrogens with one attached hydrogen (secondary N) is 2. The lowest BCUT2D eigenvalue weighted by Gasteiger charge is -2.13. The summed E-state index contributed by atoms with van der Waals surface area (Å²) in [6.07, 6.45) is 1.69. The summed E-state index contributed by atoms with van der Waals surface area (Å²) < 4.78 is 6.97. The van der Waals surface area contributed by atoms with Crippen molar-refractivity contribution in [3.05, 3.63) is 55.1 Å². The van der Waals surface area contributed by atoms with Gasteiger partial charge in [0.15, 0.2) is 11.0 Å². The third-order valence-electron chi connectivity index (χ3n) is 4.32. The van der Waals surface area contributed by atoms with Crippen molar-refractivity contribution >= 4 is 35.0 Å². The molecule has 0 saturated heterocycles. The number of hydrogen-bond donors (Lipinski definition) is 3. The number of para-hydroxylation sites is 1. The standard InChI is InChI=1S/C22H23N5O4S/c1-4-11-27-21(16-7-5-6-8-19(16)29)25-26-22(27)32-13-20(30)24-18-12-15(31-3)9-10-17(18)23-14(2)28/h4-10,12,29H,1,11,13H2,2-3H3,(H,23,28)(H,24,30). The van der Waals surface area contributed by atoms with E-state index in [1.165, 1.54) is 25.8 Å². The summed E-state index contributed by atoms with van der Waals surface area (Å²) in [5, 5.41) is 24.5. The van der Waals surface area contributed by atoms with Crippen molar-refractivity contribution in [2.24, 2.45) is 0 Å². The molecule has 10 heteroatoms. The van der Waals surface area contributed by atoms with E-state index in [0.29, 0.717) is 40.2 Å². The minimum atomic E-state index is -0.299. The Hall–Kier alpha value is -3.79. The molecule has 2 amide bonds. The maximum atomic E-state index is 12.6. The smallest absolute Gasteiger partial charge is 0.234 e. The van der Waals surface area contributed by atoms with Crippen molar-refractivity contribution < 1.29 is 19.4 Å². The molecule has 0 bridgehead atoms. The fraction of sp³-hybridized carbons (Fsp3) is 0.182. The van der Waals surface area contributed by atoms with Gasteiger partial charge in [-0.25, -0.2) is 0 Å². The molecule has 166 valence electrons. The maximum Gasteiger partial charge on any atom is 0.234 e. The highest BCUT2D eigenvalue weighted by Crippen LogP contribution is 2.31. The van der Waals surface area contributed by atoms with Crippen LogP contribution in [0.3, 0.4) is 0 Å². The van der Waals surface area contributed by atoms with E-state index >= 15 is 0 Å². The number of allylic oxidation sites excluding steroid dienone is 1. The van der Waals surface area contributed by atoms with Gasteiger partial charge < -0.3 is 20.5 Å². The number of methoxy groups -OCH3 is 1. The molecule has 0 aliphatic carbocycles. The fourth-order valence-electron chi connectivity index (χ4n) is 2.92. The van der Waals surface area contributed by atoms with Gasteiger partial charge in [-0.15, -0.1) is 16.8 Å². The van der Waals surface area contributed by atoms with Gasteiger partial charge in [0.2, 0.25) is 11.8 Å². The average molecular weight is 454 g/mol. The zero-order valence-corrected chi connectivity index (χ0v) is 18.5. The highest BCUT2D eigenvalue weighted by molar-refractivity contribution is 7.99. The maximum absolute atomic E-state index is 12.6. The summed E-state index contributed by atoms with van der Waals surface area (Å²) >= 11 is 1.19. The van der Waals surface area contributed by atoms with Gasteiger partial charge in [-0.05, 0) is 24.3 Å². The molecule has 32 heavy (non-hydrogen) atoms. The molecule has 0 fully saturated rings. The van der Waals surface area contributed by atoms with Crippen LogP contribution in [0.1, 0.15) is 6.92 Å². The Bertz CT molecular complexity index is 1150. The van der Waals surface area contributed by atoms with Crippen molar-refractivity contribution in [1.82, 2.24) is 14.8 Å². The highest BCUT2D eigenvalue weighted by Gasteiger charge is 2.18. The Morgan fingerprint density at radius 2 is 1.97 bits per heavy atom. The zero-order valence-electron chi connectivity index (χ0n) is 17.7. The first-order valence-electron chi connectivity index (χ1n) is 9.63. The molecule has 0 unspecified atom stereocenters. The lowest BCUT2D eigenvalue weighted by Crippen LogP contribution is -2.17. The number of carbonyl (C=O) groups excluding carboxylic acids is 2. The molecular formula is C22H23N5O4S. The summed E-state index contributed by atoms with van der Waals surface area (Å²) in [4.78, 5) is 24.1. The molecule has 0 saturated carbocycles. The van der Waals surface area contributed by atoms with E-state index in [1.54, 1.807) is 53.1 Å². The number of benzene rings is 2. The van der Waals surface area contributed by atoms with E-state index in [1.807, 2.05) is 0 Å². The number of aromatic nitrogens is 3. The number of amides is 2. The van der Waals surface area contributed by atoms with Crippen molar-refractivity contribution in [2.75, 3.05) is 23.5 Å². The lowest BCUT2D eigenvalue weighted by atomic mass is 10.2. The normalized spacial score (nSPS) is 10.4. The number of hydrogen-bond acceptors (Lipinski definition) is 7. The van der Waals surface area contributed by atoms with Gasteiger partial charge in [-0.1, -0.05) is 30.0 Å². The molecule has 0 aliphatic heterocycles. The molecule has 0 spiro atoms. The predicted molar refractivity (Wildman–Crippen MR) is 124 cm³/mol. The van der Waals surface area contributed by atoms with Crippen LogP contribution in [-0.2, 0) is 16.1 Å². The van der Waals surface area contributed by atoms with E-state index < -0.39 is 0 Å². The monoisotopic (exact) mass is 453 g/mol. The summed E-state index contributed by atoms with van der Waals surface area (Å²) in [5.41, 5.74) is 1.43. The Morgan fingerprint density at radius 1 is 1.19 bits per heavy atom. The van der Waals surface area contributed by atoms with Crippen LogP contribution in [0, 0.1) is 0 Å². The van der Waals surface area contributed by atoms with Crippen LogP contribution < -0.4 is 15.4 Å². The summed E-state index contributed by atoms with van der Waals surface area (Å²) in [5.74, 6) is 0.600. The number of anilines is 2. The van der Waals surface area contributed by atoms with E-state index in [2.05, 4.69) is 27.4 Å². The topological polar surface area (TPSA) is 118 Å². The summed E-state index contributed by atoms with van der Waals surface area (Å²) in [6, 6.07) is 11.8. The van der Waals surface area contributed by atoms with Crippen molar-refractivity contribution in [1.29, 1.82) is 0 Å². The Kier molecular flexibility index (Phi) is 7.50. The molecule has 3 N–H and O–H groups in total. The first-order chi connectivity index (χ1) is 15.4. The average Bonchev–Trinajstić information content (AvgIpc) is 3.16. The Balaban J connectivity index is 1.76. The highest BCUT2D eigenvalue weighted by atomic mass is 32.2. The SMILES string of the molecule is C=CCn1c(SCC(=O)Nc2cc(OC)ccc2NC(C)=O)nnc1-c1ccccc1O. The number of ether oxygens (including phenoxy) is 1. The second kappa shape index (κ2) is 10.5. The van der Waals surface area contributed by atoms with Gasteiger partial charge in [0.05, 0.1) is 29.8 Å². The summed E-state index contributed by atoms with van der Waals surface area (Å²) in [6.45, 7) is 5.56. The van der Waals surface area contributed by atoms with E-state index in [4.69, 9.17) is 4.74 Å². The van der Waals surface area contributed by atoms with Crippen LogP contribution in [0.2, 0.25) is 0 Å². The molecular weight excluding hydrogens is 430 g/mol. The molecule has 3 rings (SSSR count). The van der Waals surface area contributed by atoms with Crippen LogP contribution >= 0.6 is 11.8 Å². The minimum Gasteiger partial charge on any atom is -0.507 e. The third kappa shape index (κ3) is 5.46. The first-order valence-corrected chi connectivity index (χ1v) is 10.6. The molecule has 0 aliphatic rings. The van der Waals surface area contributed by atoms with Crippen molar-refractivity contribution in [3.8, 4) is 22.9 Å². The molecule has 9 nitrogen and oxygen atoms in total. The lowest BCUT2D eigenvalue weighted by molar-refractivity contribution is -0.115. The van der Waals surface area contributed by atoms with Crippen LogP contribution in [-0.4, -0.2) is 44.5 Å². The van der Waals surface area contributed by atoms with Crippen LogP contribution in [0.5, 0.6) is 11.5 Å². The zero-order chi connectivity index (χ0) is 23.1. The minimum absolute atomic E-state index is 0.0484. The number of rotatable bonds is 9. The Labute approximate surface area is 189 Å². The van der Waals surface area contributed by atoms with Crippen LogP contribution in [0.15, 0.2) is 60.3 Å². The first kappa shape index (κ1) is 22.9. The van der Waals surface area contributed by atoms with Gasteiger partial charge in [0.25, 0.3) is 0 Å². The number of nitrogens with zero attached hydrogens (tertiary/aromatic N) is 3. The number of thioether (sulfide) groups is 1. The van der Waals surface area contributed by atoms with Gasteiger partial charge in [0.1, 0.15) is 11.5 Å². The number of phenolic OH excluding ortho intramolecular Hbond substituents is 1. The number of aromatic hydroxyl groups is 1. The molecule has 1 heterocycles. The van der Waals surface area contributed by atoms with Crippen molar-refractivity contribution in [3.63, 3.8) is 0 Å². The van der Waals surface area contributed by atoms with Gasteiger partial charge in [-0.3, -0.25) is 14.2 Å². The molecule has 0 radical (unpaired) electrons. The van der Waals surface area contributed by atoms with Gasteiger partial charge >= 0.3 is 0 Å². The number of phenols is 1. The third-order valence-corrected chi connectivity index (χ3v) is 5.28. The van der Waals surface area contributed by atoms with E-state index in [-0.39, 0.29) is 23.3 Å². The second-order valence-corrected chi connectivity index (χ2v) is 7.59. The molecule has 2 aromatic carbocycles. The second-order valence-electron chi connectivity index (χ2n) is 6.65. The fourth-order valence-corrected chi connectivity index (χ4v) is 3.67. The van der Waals surface area contributed by atoms with E-state index in [9.17, 15) is 14.7 Å². The largest absolute Gasteiger partial charge is 0.507 e. The molecule has 1 aromatic heterocycles. The number of carbonyl (C=O) groups is 2. The van der Waals surface area contributed by atoms with E-state index in [0.717, 1.165) is 0 Å².